The lowest BCUT2D eigenvalue weighted by Crippen LogP contribution is -2.33. The number of hydrogen-bond acceptors (Lipinski definition) is 9. The number of allylic oxidation sites excluding steroid dienone is 3. The molecular formula is C25H30N2O9. The van der Waals surface area contributed by atoms with Gasteiger partial charge in [0.15, 0.2) is 5.75 Å². The molecule has 194 valence electrons. The monoisotopic (exact) mass is 502 g/mol. The fourth-order valence-electron chi connectivity index (χ4n) is 2.76. The number of carbonyl (C=O) groups excluding carboxylic acids is 4. The molecular weight excluding hydrogens is 472 g/mol. The number of nitroso groups, excluding NO2 is 1. The number of anilines is 1. The summed E-state index contributed by atoms with van der Waals surface area (Å²) in [6, 6.07) is 4.13. The number of esters is 2. The average molecular weight is 503 g/mol. The molecule has 0 bridgehead atoms. The average Bonchev–Trinajstić information content (AvgIpc) is 2.85. The number of methoxy groups -OCH3 is 1. The summed E-state index contributed by atoms with van der Waals surface area (Å²) in [5, 5.41) is 2.33. The fourth-order valence-corrected chi connectivity index (χ4v) is 2.76. The molecule has 0 spiro atoms. The van der Waals surface area contributed by atoms with Crippen molar-refractivity contribution in [2.24, 2.45) is 5.18 Å². The first kappa shape index (κ1) is 29.9. The van der Waals surface area contributed by atoms with Crippen LogP contribution in [0, 0.1) is 4.91 Å². The van der Waals surface area contributed by atoms with E-state index in [9.17, 15) is 24.1 Å². The second-order valence-electron chi connectivity index (χ2n) is 7.20. The van der Waals surface area contributed by atoms with E-state index in [1.165, 1.54) is 32.2 Å². The van der Waals surface area contributed by atoms with Gasteiger partial charge in [-0.05, 0) is 51.1 Å². The lowest BCUT2D eigenvalue weighted by atomic mass is 10.1. The van der Waals surface area contributed by atoms with Crippen molar-refractivity contribution in [2.45, 2.75) is 33.8 Å². The Morgan fingerprint density at radius 2 is 1.86 bits per heavy atom. The second-order valence-corrected chi connectivity index (χ2v) is 7.20. The highest BCUT2D eigenvalue weighted by molar-refractivity contribution is 6.00. The van der Waals surface area contributed by atoms with Gasteiger partial charge < -0.3 is 18.9 Å². The van der Waals surface area contributed by atoms with Crippen molar-refractivity contribution in [1.29, 1.82) is 0 Å². The van der Waals surface area contributed by atoms with Gasteiger partial charge in [-0.3, -0.25) is 14.5 Å². The lowest BCUT2D eigenvalue weighted by molar-refractivity contribution is -0.148. The molecule has 36 heavy (non-hydrogen) atoms. The van der Waals surface area contributed by atoms with Gasteiger partial charge in [0.25, 0.3) is 0 Å². The van der Waals surface area contributed by atoms with Crippen LogP contribution in [-0.2, 0) is 28.6 Å². The number of ether oxygens (including phenoxy) is 4. The molecule has 0 aromatic heterocycles. The van der Waals surface area contributed by atoms with E-state index in [0.29, 0.717) is 0 Å². The molecule has 1 aromatic rings. The van der Waals surface area contributed by atoms with Crippen LogP contribution in [0.1, 0.15) is 38.1 Å². The quantitative estimate of drug-likeness (QED) is 0.130. The van der Waals surface area contributed by atoms with E-state index in [4.69, 9.17) is 18.9 Å². The molecule has 1 atom stereocenters. The first-order chi connectivity index (χ1) is 17.2. The van der Waals surface area contributed by atoms with E-state index in [0.717, 1.165) is 4.90 Å². The van der Waals surface area contributed by atoms with Crippen LogP contribution in [-0.4, -0.2) is 56.7 Å². The third kappa shape index (κ3) is 10.0. The molecule has 1 rings (SSSR count). The van der Waals surface area contributed by atoms with Crippen LogP contribution in [0.4, 0.5) is 5.69 Å². The summed E-state index contributed by atoms with van der Waals surface area (Å²) in [7, 11) is 1.19. The number of rotatable bonds is 13. The molecule has 0 radical (unpaired) electrons. The molecule has 1 unspecified atom stereocenters. The molecule has 1 aromatic carbocycles. The fraction of sp³-hybridized carbons (Fsp3) is 0.360. The highest BCUT2D eigenvalue weighted by Gasteiger charge is 2.23. The molecule has 0 aliphatic heterocycles. The van der Waals surface area contributed by atoms with Gasteiger partial charge in [-0.2, -0.15) is 0 Å². The summed E-state index contributed by atoms with van der Waals surface area (Å²) < 4.78 is 21.2. The van der Waals surface area contributed by atoms with Crippen molar-refractivity contribution in [3.05, 3.63) is 64.8 Å². The van der Waals surface area contributed by atoms with Crippen molar-refractivity contribution >= 4 is 29.4 Å². The van der Waals surface area contributed by atoms with Crippen LogP contribution in [0.25, 0.3) is 0 Å². The highest BCUT2D eigenvalue weighted by atomic mass is 16.6. The Hall–Kier alpha value is -4.12. The zero-order chi connectivity index (χ0) is 27.1. The Morgan fingerprint density at radius 1 is 1.14 bits per heavy atom. The van der Waals surface area contributed by atoms with Gasteiger partial charge in [0.2, 0.25) is 5.91 Å². The SMILES string of the molecule is C/C=C\C(=C/C(C)OCC(=O)OC/C=C/C)Oc1ccc(C(=O)OC)cc1N(CC(=O)N=O)C(C)=O. The van der Waals surface area contributed by atoms with E-state index in [2.05, 4.69) is 5.18 Å². The molecule has 0 fully saturated rings. The number of nitrogens with zero attached hydrogens (tertiary/aromatic N) is 2. The maximum Gasteiger partial charge on any atom is 0.337 e. The van der Waals surface area contributed by atoms with Gasteiger partial charge in [0.1, 0.15) is 25.5 Å². The van der Waals surface area contributed by atoms with Crippen LogP contribution >= 0.6 is 0 Å². The Balaban J connectivity index is 3.27. The molecule has 0 aliphatic carbocycles. The molecule has 0 saturated heterocycles. The van der Waals surface area contributed by atoms with Gasteiger partial charge in [-0.25, -0.2) is 9.59 Å². The highest BCUT2D eigenvalue weighted by Crippen LogP contribution is 2.32. The normalized spacial score (nSPS) is 12.3. The molecule has 0 N–H and O–H groups in total. The largest absolute Gasteiger partial charge is 0.465 e. The van der Waals surface area contributed by atoms with Crippen molar-refractivity contribution in [3.63, 3.8) is 0 Å². The predicted molar refractivity (Wildman–Crippen MR) is 131 cm³/mol. The van der Waals surface area contributed by atoms with Crippen molar-refractivity contribution in [1.82, 2.24) is 0 Å². The van der Waals surface area contributed by atoms with Crippen molar-refractivity contribution < 1.29 is 38.1 Å². The third-order valence-electron chi connectivity index (χ3n) is 4.44. The van der Waals surface area contributed by atoms with E-state index >= 15 is 0 Å². The van der Waals surface area contributed by atoms with Gasteiger partial charge in [-0.15, -0.1) is 4.91 Å². The number of carbonyl (C=O) groups is 4. The minimum Gasteiger partial charge on any atom is -0.465 e. The Labute approximate surface area is 209 Å². The zero-order valence-corrected chi connectivity index (χ0v) is 20.9. The molecule has 0 heterocycles. The molecule has 0 aliphatic rings. The third-order valence-corrected chi connectivity index (χ3v) is 4.44. The lowest BCUT2D eigenvalue weighted by Gasteiger charge is -2.23. The minimum atomic E-state index is -1.09. The summed E-state index contributed by atoms with van der Waals surface area (Å²) in [6.45, 7) is 5.63. The Bertz CT molecular complexity index is 1040. The van der Waals surface area contributed by atoms with Crippen LogP contribution in [0.3, 0.4) is 0 Å². The molecule has 0 saturated carbocycles. The first-order valence-corrected chi connectivity index (χ1v) is 10.9. The van der Waals surface area contributed by atoms with Crippen LogP contribution in [0.2, 0.25) is 0 Å². The minimum absolute atomic E-state index is 0.0407. The maximum atomic E-state index is 12.3. The van der Waals surface area contributed by atoms with Crippen molar-refractivity contribution in [2.75, 3.05) is 31.8 Å². The smallest absolute Gasteiger partial charge is 0.337 e. The summed E-state index contributed by atoms with van der Waals surface area (Å²) in [5.74, 6) is -2.52. The Kier molecular flexibility index (Phi) is 13.1. The second kappa shape index (κ2) is 15.7. The topological polar surface area (TPSA) is 138 Å². The molecule has 11 nitrogen and oxygen atoms in total. The predicted octanol–water partition coefficient (Wildman–Crippen LogP) is 3.48. The van der Waals surface area contributed by atoms with Crippen LogP contribution in [0.5, 0.6) is 5.75 Å². The van der Waals surface area contributed by atoms with Crippen LogP contribution < -0.4 is 9.64 Å². The van der Waals surface area contributed by atoms with Crippen molar-refractivity contribution in [3.8, 4) is 5.75 Å². The van der Waals surface area contributed by atoms with E-state index in [-0.39, 0.29) is 36.0 Å². The summed E-state index contributed by atoms with van der Waals surface area (Å²) in [5.41, 5.74) is 0.126. The van der Waals surface area contributed by atoms with Gasteiger partial charge in [0.05, 0.1) is 24.5 Å². The Morgan fingerprint density at radius 3 is 2.44 bits per heavy atom. The van der Waals surface area contributed by atoms with Crippen LogP contribution in [0.15, 0.2) is 59.5 Å². The maximum absolute atomic E-state index is 12.3. The van der Waals surface area contributed by atoms with E-state index in [1.807, 2.05) is 0 Å². The standard InChI is InChI=1S/C25H30N2O9/c1-6-8-12-34-24(30)16-35-17(3)13-20(9-7-2)36-22-11-10-19(25(31)33-5)14-21(22)27(18(4)28)15-23(29)26-32/h6-11,13-14,17H,12,15-16H2,1-5H3/b8-6+,9-7-,20-13+. The van der Waals surface area contributed by atoms with Gasteiger partial charge >= 0.3 is 17.8 Å². The summed E-state index contributed by atoms with van der Waals surface area (Å²) in [4.78, 5) is 59.4. The number of benzene rings is 1. The number of amides is 2. The first-order valence-electron chi connectivity index (χ1n) is 10.9. The summed E-state index contributed by atoms with van der Waals surface area (Å²) >= 11 is 0. The zero-order valence-electron chi connectivity index (χ0n) is 20.9. The number of hydrogen-bond donors (Lipinski definition) is 0. The van der Waals surface area contributed by atoms with E-state index < -0.39 is 36.4 Å². The van der Waals surface area contributed by atoms with E-state index in [1.54, 1.807) is 51.2 Å². The summed E-state index contributed by atoms with van der Waals surface area (Å²) in [6.07, 6.45) is 7.74. The van der Waals surface area contributed by atoms with Gasteiger partial charge in [-0.1, -0.05) is 18.2 Å². The molecule has 2 amide bonds. The molecule has 11 heteroatoms. The van der Waals surface area contributed by atoms with Gasteiger partial charge in [0, 0.05) is 12.1 Å².